The van der Waals surface area contributed by atoms with Gasteiger partial charge in [-0.2, -0.15) is 0 Å². The first kappa shape index (κ1) is 18.8. The molecule has 0 spiro atoms. The highest BCUT2D eigenvalue weighted by Gasteiger charge is 2.15. The van der Waals surface area contributed by atoms with Crippen molar-refractivity contribution in [2.45, 2.75) is 53.9 Å². The highest BCUT2D eigenvalue weighted by molar-refractivity contribution is 5.55. The van der Waals surface area contributed by atoms with Gasteiger partial charge in [0.25, 0.3) is 0 Å². The van der Waals surface area contributed by atoms with Crippen LogP contribution in [0.15, 0.2) is 9.59 Å². The Balaban J connectivity index is 0.00000172. The SMILES string of the molecule is CC.CCCN(CCC)CCCNc1c(C)c(=O)c1=O. The Morgan fingerprint density at radius 3 is 1.95 bits per heavy atom. The molecule has 0 saturated carbocycles. The van der Waals surface area contributed by atoms with E-state index < -0.39 is 0 Å². The Kier molecular flexibility index (Phi) is 9.99. The molecule has 116 valence electrons. The maximum atomic E-state index is 11.2. The van der Waals surface area contributed by atoms with Gasteiger partial charge in [0.15, 0.2) is 0 Å². The molecule has 20 heavy (non-hydrogen) atoms. The van der Waals surface area contributed by atoms with Crippen molar-refractivity contribution >= 4 is 5.69 Å². The minimum atomic E-state index is -0.355. The summed E-state index contributed by atoms with van der Waals surface area (Å²) in [7, 11) is 0. The van der Waals surface area contributed by atoms with Crippen LogP contribution in [0.2, 0.25) is 0 Å². The van der Waals surface area contributed by atoms with Gasteiger partial charge in [-0.25, -0.2) is 0 Å². The van der Waals surface area contributed by atoms with E-state index in [9.17, 15) is 9.59 Å². The molecule has 1 aromatic carbocycles. The van der Waals surface area contributed by atoms with Crippen molar-refractivity contribution in [3.8, 4) is 0 Å². The van der Waals surface area contributed by atoms with Crippen LogP contribution < -0.4 is 16.2 Å². The first-order valence-electron chi connectivity index (χ1n) is 7.87. The zero-order chi connectivity index (χ0) is 15.5. The highest BCUT2D eigenvalue weighted by atomic mass is 16.2. The third kappa shape index (κ3) is 5.45. The van der Waals surface area contributed by atoms with Crippen molar-refractivity contribution in [2.24, 2.45) is 0 Å². The first-order chi connectivity index (χ1) is 9.61. The van der Waals surface area contributed by atoms with Crippen LogP contribution in [0.5, 0.6) is 0 Å². The predicted octanol–water partition coefficient (Wildman–Crippen LogP) is 2.54. The predicted molar refractivity (Wildman–Crippen MR) is 87.6 cm³/mol. The summed E-state index contributed by atoms with van der Waals surface area (Å²) in [5.41, 5.74) is 0.416. The van der Waals surface area contributed by atoms with Gasteiger partial charge in [0, 0.05) is 12.1 Å². The molecule has 4 heteroatoms. The van der Waals surface area contributed by atoms with Crippen molar-refractivity contribution in [1.82, 2.24) is 4.90 Å². The zero-order valence-corrected chi connectivity index (χ0v) is 13.7. The van der Waals surface area contributed by atoms with Crippen molar-refractivity contribution in [3.05, 3.63) is 26.0 Å². The maximum absolute atomic E-state index is 11.2. The number of anilines is 1. The normalized spacial score (nSPS) is 10.5. The lowest BCUT2D eigenvalue weighted by Crippen LogP contribution is -2.37. The number of nitrogens with one attached hydrogen (secondary N) is 1. The average molecular weight is 282 g/mol. The molecule has 0 fully saturated rings. The third-order valence-electron chi connectivity index (χ3n) is 3.18. The topological polar surface area (TPSA) is 49.4 Å². The molecule has 0 atom stereocenters. The summed E-state index contributed by atoms with van der Waals surface area (Å²) in [6.45, 7) is 14.1. The molecule has 0 aliphatic carbocycles. The molecule has 0 unspecified atom stereocenters. The molecule has 0 heterocycles. The van der Waals surface area contributed by atoms with Gasteiger partial charge in [-0.3, -0.25) is 9.59 Å². The smallest absolute Gasteiger partial charge is 0.249 e. The molecule has 4 nitrogen and oxygen atoms in total. The minimum Gasteiger partial charge on any atom is -0.381 e. The van der Waals surface area contributed by atoms with Crippen molar-refractivity contribution < 1.29 is 0 Å². The Bertz CT molecular complexity index is 428. The van der Waals surface area contributed by atoms with Crippen molar-refractivity contribution in [2.75, 3.05) is 31.5 Å². The number of hydrogen-bond acceptors (Lipinski definition) is 4. The van der Waals surface area contributed by atoms with E-state index in [4.69, 9.17) is 0 Å². The fourth-order valence-corrected chi connectivity index (χ4v) is 2.20. The zero-order valence-electron chi connectivity index (χ0n) is 13.7. The van der Waals surface area contributed by atoms with Gasteiger partial charge in [-0.05, 0) is 45.8 Å². The quantitative estimate of drug-likeness (QED) is 0.558. The second kappa shape index (κ2) is 10.6. The van der Waals surface area contributed by atoms with Crippen LogP contribution >= 0.6 is 0 Å². The second-order valence-corrected chi connectivity index (χ2v) is 4.78. The molecule has 1 N–H and O–H groups in total. The van der Waals surface area contributed by atoms with Crippen molar-refractivity contribution in [1.29, 1.82) is 0 Å². The van der Waals surface area contributed by atoms with Gasteiger partial charge in [0.05, 0.1) is 5.69 Å². The van der Waals surface area contributed by atoms with E-state index in [1.54, 1.807) is 6.92 Å². The van der Waals surface area contributed by atoms with E-state index >= 15 is 0 Å². The summed E-state index contributed by atoms with van der Waals surface area (Å²) in [6, 6.07) is 0. The Morgan fingerprint density at radius 1 is 0.950 bits per heavy atom. The molecule has 1 rings (SSSR count). The standard InChI is InChI=1S/C14H24N2O2.C2H6/c1-4-8-16(9-5-2)10-6-7-15-12-11(3)13(17)14(12)18;1-2/h15H,4-10H2,1-3H3;1-2H3. The van der Waals surface area contributed by atoms with Gasteiger partial charge in [0.2, 0.25) is 10.9 Å². The maximum Gasteiger partial charge on any atom is 0.249 e. The summed E-state index contributed by atoms with van der Waals surface area (Å²) >= 11 is 0. The molecule has 0 radical (unpaired) electrons. The van der Waals surface area contributed by atoms with E-state index in [2.05, 4.69) is 24.1 Å². The summed E-state index contributed by atoms with van der Waals surface area (Å²) < 4.78 is 0. The van der Waals surface area contributed by atoms with E-state index in [1.165, 1.54) is 12.8 Å². The average Bonchev–Trinajstić information content (AvgIpc) is 2.48. The molecular formula is C16H30N2O2. The Hall–Kier alpha value is -1.16. The van der Waals surface area contributed by atoms with Crippen LogP contribution in [0.25, 0.3) is 0 Å². The largest absolute Gasteiger partial charge is 0.381 e. The highest BCUT2D eigenvalue weighted by Crippen LogP contribution is 2.05. The Morgan fingerprint density at radius 2 is 1.50 bits per heavy atom. The molecule has 0 saturated heterocycles. The summed E-state index contributed by atoms with van der Waals surface area (Å²) in [6.07, 6.45) is 3.34. The molecule has 1 aromatic rings. The van der Waals surface area contributed by atoms with Crippen LogP contribution in [0.1, 0.15) is 52.5 Å². The second-order valence-electron chi connectivity index (χ2n) is 4.78. The van der Waals surface area contributed by atoms with Gasteiger partial charge in [0.1, 0.15) is 0 Å². The van der Waals surface area contributed by atoms with Crippen molar-refractivity contribution in [3.63, 3.8) is 0 Å². The monoisotopic (exact) mass is 282 g/mol. The summed E-state index contributed by atoms with van der Waals surface area (Å²) in [4.78, 5) is 24.7. The summed E-state index contributed by atoms with van der Waals surface area (Å²) in [5.74, 6) is 0. The number of nitrogens with zero attached hydrogens (tertiary/aromatic N) is 1. The van der Waals surface area contributed by atoms with Crippen LogP contribution in [0, 0.1) is 6.92 Å². The van der Waals surface area contributed by atoms with E-state index in [0.29, 0.717) is 11.3 Å². The van der Waals surface area contributed by atoms with E-state index in [-0.39, 0.29) is 10.9 Å². The molecule has 0 aliphatic rings. The van der Waals surface area contributed by atoms with Crippen LogP contribution in [-0.4, -0.2) is 31.1 Å². The third-order valence-corrected chi connectivity index (χ3v) is 3.18. The lowest BCUT2D eigenvalue weighted by Gasteiger charge is -2.21. The van der Waals surface area contributed by atoms with Gasteiger partial charge >= 0.3 is 0 Å². The minimum absolute atomic E-state index is 0.337. The first-order valence-corrected chi connectivity index (χ1v) is 7.87. The Labute approximate surface area is 122 Å². The lowest BCUT2D eigenvalue weighted by molar-refractivity contribution is 0.274. The molecular weight excluding hydrogens is 252 g/mol. The van der Waals surface area contributed by atoms with Crippen LogP contribution in [0.3, 0.4) is 0 Å². The fraction of sp³-hybridized carbons (Fsp3) is 0.750. The molecule has 0 bridgehead atoms. The van der Waals surface area contributed by atoms with Crippen LogP contribution in [-0.2, 0) is 0 Å². The van der Waals surface area contributed by atoms with Crippen LogP contribution in [0.4, 0.5) is 5.69 Å². The number of hydrogen-bond donors (Lipinski definition) is 1. The fourth-order valence-electron chi connectivity index (χ4n) is 2.20. The molecule has 0 amide bonds. The van der Waals surface area contributed by atoms with Gasteiger partial charge in [-0.15, -0.1) is 0 Å². The van der Waals surface area contributed by atoms with E-state index in [1.807, 2.05) is 13.8 Å². The number of rotatable bonds is 9. The van der Waals surface area contributed by atoms with Gasteiger partial charge in [-0.1, -0.05) is 27.7 Å². The van der Waals surface area contributed by atoms with E-state index in [0.717, 1.165) is 32.6 Å². The lowest BCUT2D eigenvalue weighted by atomic mass is 10.1. The van der Waals surface area contributed by atoms with Gasteiger partial charge < -0.3 is 10.2 Å². The summed E-state index contributed by atoms with van der Waals surface area (Å²) in [5, 5.41) is 3.07. The molecule has 0 aromatic heterocycles. The molecule has 0 aliphatic heterocycles.